The van der Waals surface area contributed by atoms with Gasteiger partial charge in [0.2, 0.25) is 5.78 Å². The highest BCUT2D eigenvalue weighted by molar-refractivity contribution is 5.98. The molecule has 0 aliphatic heterocycles. The summed E-state index contributed by atoms with van der Waals surface area (Å²) in [6.07, 6.45) is 6.42. The zero-order valence-electron chi connectivity index (χ0n) is 14.2. The number of hydrogen-bond donors (Lipinski definition) is 1. The minimum Gasteiger partial charge on any atom is -0.466 e. The number of fused-ring (bicyclic) bond motifs is 1. The Kier molecular flexibility index (Phi) is 4.93. The van der Waals surface area contributed by atoms with E-state index in [4.69, 9.17) is 0 Å². The van der Waals surface area contributed by atoms with Crippen LogP contribution in [0, 0.1) is 0 Å². The average Bonchev–Trinajstić information content (AvgIpc) is 3.11. The lowest BCUT2D eigenvalue weighted by molar-refractivity contribution is -0.138. The molecule has 1 N–H and O–H groups in total. The molecule has 1 aromatic carbocycles. The summed E-state index contributed by atoms with van der Waals surface area (Å²) in [4.78, 5) is 32.0. The van der Waals surface area contributed by atoms with E-state index in [-0.39, 0.29) is 5.70 Å². The first-order valence-electron chi connectivity index (χ1n) is 7.66. The van der Waals surface area contributed by atoms with E-state index in [1.54, 1.807) is 18.3 Å². The molecule has 3 rings (SSSR count). The topological polar surface area (TPSA) is 94.8 Å². The molecule has 0 spiro atoms. The van der Waals surface area contributed by atoms with Crippen molar-refractivity contribution in [2.45, 2.75) is 0 Å². The van der Waals surface area contributed by atoms with Crippen LogP contribution in [0.1, 0.15) is 0 Å². The van der Waals surface area contributed by atoms with Gasteiger partial charge in [0, 0.05) is 29.8 Å². The van der Waals surface area contributed by atoms with Gasteiger partial charge in [-0.3, -0.25) is 4.40 Å². The van der Waals surface area contributed by atoms with Crippen molar-refractivity contribution in [3.8, 4) is 11.3 Å². The summed E-state index contributed by atoms with van der Waals surface area (Å²) in [5.41, 5.74) is 2.10. The number of carbonyl (C=O) groups is 2. The van der Waals surface area contributed by atoms with Gasteiger partial charge in [-0.15, -0.1) is 0 Å². The van der Waals surface area contributed by atoms with Crippen LogP contribution in [0.4, 0.5) is 5.69 Å². The van der Waals surface area contributed by atoms with E-state index in [0.717, 1.165) is 17.3 Å². The van der Waals surface area contributed by atoms with E-state index < -0.39 is 11.9 Å². The van der Waals surface area contributed by atoms with Crippen LogP contribution in [-0.4, -0.2) is 40.5 Å². The molecule has 0 saturated heterocycles. The number of anilines is 1. The monoisotopic (exact) mass is 352 g/mol. The molecule has 132 valence electrons. The number of imidazole rings is 1. The Morgan fingerprint density at radius 1 is 1.19 bits per heavy atom. The Morgan fingerprint density at radius 3 is 2.77 bits per heavy atom. The van der Waals surface area contributed by atoms with E-state index in [1.807, 2.05) is 35.0 Å². The number of carbonyl (C=O) groups excluding carboxylic acids is 2. The highest BCUT2D eigenvalue weighted by atomic mass is 16.5. The zero-order chi connectivity index (χ0) is 18.5. The molecule has 2 aromatic heterocycles. The van der Waals surface area contributed by atoms with Crippen LogP contribution in [0.2, 0.25) is 0 Å². The summed E-state index contributed by atoms with van der Waals surface area (Å²) in [5.74, 6) is -0.764. The van der Waals surface area contributed by atoms with Crippen molar-refractivity contribution in [1.82, 2.24) is 14.4 Å². The van der Waals surface area contributed by atoms with E-state index in [0.29, 0.717) is 11.5 Å². The minimum absolute atomic E-state index is 0.0341. The number of ether oxygens (including phenoxy) is 2. The largest absolute Gasteiger partial charge is 0.466 e. The number of nitrogens with zero attached hydrogens (tertiary/aromatic N) is 3. The molecule has 0 fully saturated rings. The molecule has 2 heterocycles. The Morgan fingerprint density at radius 2 is 2.04 bits per heavy atom. The lowest BCUT2D eigenvalue weighted by Gasteiger charge is -2.10. The first-order valence-corrected chi connectivity index (χ1v) is 7.66. The maximum Gasteiger partial charge on any atom is 0.354 e. The van der Waals surface area contributed by atoms with E-state index in [2.05, 4.69) is 24.8 Å². The fourth-order valence-corrected chi connectivity index (χ4v) is 2.31. The van der Waals surface area contributed by atoms with Gasteiger partial charge in [-0.2, -0.15) is 0 Å². The molecule has 0 bridgehead atoms. The third kappa shape index (κ3) is 3.69. The molecule has 0 aliphatic carbocycles. The molecular weight excluding hydrogens is 336 g/mol. The van der Waals surface area contributed by atoms with Gasteiger partial charge < -0.3 is 14.8 Å². The number of benzene rings is 1. The van der Waals surface area contributed by atoms with Crippen LogP contribution in [0.3, 0.4) is 0 Å². The molecule has 0 saturated carbocycles. The highest BCUT2D eigenvalue weighted by Gasteiger charge is 2.13. The smallest absolute Gasteiger partial charge is 0.354 e. The van der Waals surface area contributed by atoms with E-state index >= 15 is 0 Å². The zero-order valence-corrected chi connectivity index (χ0v) is 14.2. The average molecular weight is 352 g/mol. The van der Waals surface area contributed by atoms with Crippen LogP contribution in [0.25, 0.3) is 17.0 Å². The number of nitrogens with one attached hydrogen (secondary N) is 1. The second kappa shape index (κ2) is 7.47. The van der Waals surface area contributed by atoms with Crippen LogP contribution < -0.4 is 5.32 Å². The second-order valence-corrected chi connectivity index (χ2v) is 5.23. The fraction of sp³-hybridized carbons (Fsp3) is 0.111. The van der Waals surface area contributed by atoms with Crippen molar-refractivity contribution < 1.29 is 19.1 Å². The standard InChI is InChI=1S/C18H16N4O4/c1-25-16(23)10-14(17(24)26-2)20-13-6-3-5-12(9-13)15-11-22-8-4-7-19-18(22)21-15/h3-11,20H,1-2H3/b14-10+. The van der Waals surface area contributed by atoms with Gasteiger partial charge in [0.05, 0.1) is 26.0 Å². The summed E-state index contributed by atoms with van der Waals surface area (Å²) in [6.45, 7) is 0. The van der Waals surface area contributed by atoms with Crippen molar-refractivity contribution in [2.75, 3.05) is 19.5 Å². The third-order valence-corrected chi connectivity index (χ3v) is 3.54. The van der Waals surface area contributed by atoms with Crippen LogP contribution in [0.15, 0.2) is 60.7 Å². The summed E-state index contributed by atoms with van der Waals surface area (Å²) in [6, 6.07) is 9.06. The normalized spacial score (nSPS) is 11.2. The molecule has 0 aliphatic rings. The van der Waals surface area contributed by atoms with Gasteiger partial charge in [-0.05, 0) is 18.2 Å². The Bertz CT molecular complexity index is 961. The predicted octanol–water partition coefficient (Wildman–Crippen LogP) is 2.04. The van der Waals surface area contributed by atoms with Crippen molar-refractivity contribution in [3.05, 3.63) is 60.7 Å². The molecule has 0 amide bonds. The Labute approximate surface area is 149 Å². The summed E-state index contributed by atoms with van der Waals surface area (Å²) >= 11 is 0. The van der Waals surface area contributed by atoms with Gasteiger partial charge in [-0.1, -0.05) is 12.1 Å². The summed E-state index contributed by atoms with van der Waals surface area (Å²) in [5, 5.41) is 2.87. The fourth-order valence-electron chi connectivity index (χ4n) is 2.31. The summed E-state index contributed by atoms with van der Waals surface area (Å²) < 4.78 is 11.1. The van der Waals surface area contributed by atoms with Crippen molar-refractivity contribution in [3.63, 3.8) is 0 Å². The van der Waals surface area contributed by atoms with Crippen LogP contribution in [-0.2, 0) is 19.1 Å². The third-order valence-electron chi connectivity index (χ3n) is 3.54. The van der Waals surface area contributed by atoms with Crippen LogP contribution in [0.5, 0.6) is 0 Å². The SMILES string of the molecule is COC(=O)/C=C(/Nc1cccc(-c2cn3cccnc3n2)c1)C(=O)OC. The molecule has 0 radical (unpaired) electrons. The number of aromatic nitrogens is 3. The van der Waals surface area contributed by atoms with Gasteiger partial charge in [0.1, 0.15) is 5.70 Å². The first-order chi connectivity index (χ1) is 12.6. The number of methoxy groups -OCH3 is 2. The molecular formula is C18H16N4O4. The molecule has 0 unspecified atom stereocenters. The molecule has 8 nitrogen and oxygen atoms in total. The highest BCUT2D eigenvalue weighted by Crippen LogP contribution is 2.23. The van der Waals surface area contributed by atoms with Gasteiger partial charge in [0.15, 0.2) is 0 Å². The van der Waals surface area contributed by atoms with Gasteiger partial charge >= 0.3 is 11.9 Å². The Hall–Kier alpha value is -3.68. The maximum atomic E-state index is 11.9. The van der Waals surface area contributed by atoms with Crippen molar-refractivity contribution in [1.29, 1.82) is 0 Å². The first kappa shape index (κ1) is 17.2. The lowest BCUT2D eigenvalue weighted by Crippen LogP contribution is -2.15. The van der Waals surface area contributed by atoms with Crippen molar-refractivity contribution in [2.24, 2.45) is 0 Å². The van der Waals surface area contributed by atoms with Crippen molar-refractivity contribution >= 4 is 23.4 Å². The second-order valence-electron chi connectivity index (χ2n) is 5.23. The van der Waals surface area contributed by atoms with Gasteiger partial charge in [-0.25, -0.2) is 19.6 Å². The predicted molar refractivity (Wildman–Crippen MR) is 94.2 cm³/mol. The number of esters is 2. The minimum atomic E-state index is -0.683. The quantitative estimate of drug-likeness (QED) is 0.554. The molecule has 0 atom stereocenters. The molecule has 8 heteroatoms. The number of rotatable bonds is 5. The van der Waals surface area contributed by atoms with E-state index in [9.17, 15) is 9.59 Å². The van der Waals surface area contributed by atoms with Gasteiger partial charge in [0.25, 0.3) is 0 Å². The Balaban J connectivity index is 1.91. The summed E-state index contributed by atoms with van der Waals surface area (Å²) in [7, 11) is 2.46. The molecule has 26 heavy (non-hydrogen) atoms. The molecule has 3 aromatic rings. The lowest BCUT2D eigenvalue weighted by atomic mass is 10.1. The van der Waals surface area contributed by atoms with Crippen LogP contribution >= 0.6 is 0 Å². The van der Waals surface area contributed by atoms with E-state index in [1.165, 1.54) is 14.2 Å². The number of hydrogen-bond acceptors (Lipinski definition) is 7. The maximum absolute atomic E-state index is 11.9.